The molecule has 0 radical (unpaired) electrons. The minimum Gasteiger partial charge on any atom is -0.341 e. The lowest BCUT2D eigenvalue weighted by Crippen LogP contribution is -2.48. The summed E-state index contributed by atoms with van der Waals surface area (Å²) in [6.07, 6.45) is 2.18. The predicted molar refractivity (Wildman–Crippen MR) is 93.7 cm³/mol. The maximum Gasteiger partial charge on any atom is 0.236 e. The molecule has 1 unspecified atom stereocenters. The van der Waals surface area contributed by atoms with E-state index in [1.807, 2.05) is 0 Å². The third kappa shape index (κ3) is 4.12. The molecule has 2 aliphatic rings. The zero-order valence-electron chi connectivity index (χ0n) is 14.5. The van der Waals surface area contributed by atoms with Gasteiger partial charge in [-0.15, -0.1) is 0 Å². The van der Waals surface area contributed by atoms with Gasteiger partial charge in [0.05, 0.1) is 6.54 Å². The van der Waals surface area contributed by atoms with Crippen molar-refractivity contribution < 1.29 is 4.79 Å². The number of likely N-dealkylation sites (tertiary alicyclic amines) is 1. The Morgan fingerprint density at radius 1 is 1.09 bits per heavy atom. The molecule has 0 aromatic heterocycles. The fourth-order valence-corrected chi connectivity index (χ4v) is 3.58. The first-order chi connectivity index (χ1) is 11.2. The van der Waals surface area contributed by atoms with Crippen LogP contribution in [0.1, 0.15) is 30.4 Å². The Kier molecular flexibility index (Phi) is 5.34. The molecule has 1 aromatic carbocycles. The third-order valence-corrected chi connectivity index (χ3v) is 5.36. The smallest absolute Gasteiger partial charge is 0.236 e. The van der Waals surface area contributed by atoms with Gasteiger partial charge in [0.15, 0.2) is 0 Å². The predicted octanol–water partition coefficient (Wildman–Crippen LogP) is 1.81. The van der Waals surface area contributed by atoms with E-state index < -0.39 is 0 Å². The second-order valence-electron chi connectivity index (χ2n) is 7.00. The summed E-state index contributed by atoms with van der Waals surface area (Å²) in [6.45, 7) is 8.73. The monoisotopic (exact) mass is 315 g/mol. The van der Waals surface area contributed by atoms with Crippen LogP contribution >= 0.6 is 0 Å². The van der Waals surface area contributed by atoms with Crippen molar-refractivity contribution in [1.29, 1.82) is 0 Å². The Labute approximate surface area is 140 Å². The fourth-order valence-electron chi connectivity index (χ4n) is 3.58. The average Bonchev–Trinajstić information content (AvgIpc) is 3.07. The number of hydrogen-bond acceptors (Lipinski definition) is 3. The summed E-state index contributed by atoms with van der Waals surface area (Å²) in [4.78, 5) is 19.2. The molecule has 3 rings (SSSR count). The highest BCUT2D eigenvalue weighted by atomic mass is 16.2. The van der Waals surface area contributed by atoms with Crippen LogP contribution in [0.25, 0.3) is 0 Å². The van der Waals surface area contributed by atoms with Crippen molar-refractivity contribution in [3.05, 3.63) is 35.4 Å². The summed E-state index contributed by atoms with van der Waals surface area (Å²) >= 11 is 0. The number of likely N-dealkylation sites (N-methyl/N-ethyl adjacent to an activating group) is 1. The van der Waals surface area contributed by atoms with Gasteiger partial charge in [-0.3, -0.25) is 9.69 Å². The maximum absolute atomic E-state index is 12.5. The van der Waals surface area contributed by atoms with E-state index in [0.29, 0.717) is 18.4 Å². The number of aryl methyl sites for hydroxylation is 1. The topological polar surface area (TPSA) is 26.8 Å². The van der Waals surface area contributed by atoms with Crippen molar-refractivity contribution in [2.45, 2.75) is 25.7 Å². The second kappa shape index (κ2) is 7.45. The molecule has 0 aliphatic carbocycles. The molecule has 1 amide bonds. The summed E-state index contributed by atoms with van der Waals surface area (Å²) < 4.78 is 0. The Balaban J connectivity index is 1.51. The van der Waals surface area contributed by atoms with E-state index in [9.17, 15) is 4.79 Å². The van der Waals surface area contributed by atoms with E-state index in [4.69, 9.17) is 0 Å². The second-order valence-corrected chi connectivity index (χ2v) is 7.00. The molecule has 0 spiro atoms. The van der Waals surface area contributed by atoms with Crippen LogP contribution in [-0.4, -0.2) is 73.5 Å². The summed E-state index contributed by atoms with van der Waals surface area (Å²) in [5, 5.41) is 0. The van der Waals surface area contributed by atoms with E-state index in [0.717, 1.165) is 52.1 Å². The maximum atomic E-state index is 12.5. The van der Waals surface area contributed by atoms with Crippen molar-refractivity contribution in [2.24, 2.45) is 0 Å². The molecule has 126 valence electrons. The quantitative estimate of drug-likeness (QED) is 0.848. The molecule has 1 aromatic rings. The van der Waals surface area contributed by atoms with Crippen molar-refractivity contribution in [1.82, 2.24) is 14.7 Å². The molecule has 4 heteroatoms. The first-order valence-corrected chi connectivity index (χ1v) is 8.93. The minimum absolute atomic E-state index is 0.308. The van der Waals surface area contributed by atoms with Gasteiger partial charge in [0.1, 0.15) is 0 Å². The van der Waals surface area contributed by atoms with E-state index in [-0.39, 0.29) is 0 Å². The third-order valence-electron chi connectivity index (χ3n) is 5.36. The molecular formula is C19H29N3O. The zero-order chi connectivity index (χ0) is 16.2. The number of benzene rings is 1. The van der Waals surface area contributed by atoms with E-state index in [2.05, 4.69) is 52.9 Å². The number of carbonyl (C=O) groups is 1. The Morgan fingerprint density at radius 2 is 1.78 bits per heavy atom. The first kappa shape index (κ1) is 16.5. The van der Waals surface area contributed by atoms with Crippen molar-refractivity contribution in [3.63, 3.8) is 0 Å². The minimum atomic E-state index is 0.308. The SMILES string of the molecule is CCc1ccc(C2CCN(C(=O)CN3CCN(C)CC3)C2)cc1. The van der Waals surface area contributed by atoms with Gasteiger partial charge in [-0.25, -0.2) is 0 Å². The standard InChI is InChI=1S/C19H29N3O/c1-3-16-4-6-17(7-5-16)18-8-9-22(14-18)19(23)15-21-12-10-20(2)11-13-21/h4-7,18H,3,8-15H2,1-2H3. The van der Waals surface area contributed by atoms with Gasteiger partial charge in [0.25, 0.3) is 0 Å². The highest BCUT2D eigenvalue weighted by Crippen LogP contribution is 2.27. The van der Waals surface area contributed by atoms with Crippen LogP contribution in [0.5, 0.6) is 0 Å². The number of hydrogen-bond donors (Lipinski definition) is 0. The number of amides is 1. The van der Waals surface area contributed by atoms with Crippen molar-refractivity contribution in [3.8, 4) is 0 Å². The molecule has 23 heavy (non-hydrogen) atoms. The zero-order valence-corrected chi connectivity index (χ0v) is 14.5. The Morgan fingerprint density at radius 3 is 2.43 bits per heavy atom. The molecule has 0 saturated carbocycles. The van der Waals surface area contributed by atoms with Gasteiger partial charge in [-0.2, -0.15) is 0 Å². The highest BCUT2D eigenvalue weighted by molar-refractivity contribution is 5.78. The van der Waals surface area contributed by atoms with Crippen LogP contribution in [0.3, 0.4) is 0 Å². The van der Waals surface area contributed by atoms with Gasteiger partial charge >= 0.3 is 0 Å². The normalized spacial score (nSPS) is 23.4. The number of piperazine rings is 1. The molecule has 2 fully saturated rings. The van der Waals surface area contributed by atoms with E-state index >= 15 is 0 Å². The lowest BCUT2D eigenvalue weighted by atomic mass is 9.97. The van der Waals surface area contributed by atoms with E-state index in [1.165, 1.54) is 11.1 Å². The van der Waals surface area contributed by atoms with Gasteiger partial charge in [-0.05, 0) is 31.0 Å². The first-order valence-electron chi connectivity index (χ1n) is 8.93. The highest BCUT2D eigenvalue weighted by Gasteiger charge is 2.28. The molecule has 1 atom stereocenters. The van der Waals surface area contributed by atoms with Crippen molar-refractivity contribution >= 4 is 5.91 Å². The van der Waals surface area contributed by atoms with Gasteiger partial charge < -0.3 is 9.80 Å². The van der Waals surface area contributed by atoms with Crippen LogP contribution in [0.15, 0.2) is 24.3 Å². The molecular weight excluding hydrogens is 286 g/mol. The van der Waals surface area contributed by atoms with E-state index in [1.54, 1.807) is 0 Å². The molecule has 2 saturated heterocycles. The van der Waals surface area contributed by atoms with Crippen LogP contribution in [0, 0.1) is 0 Å². The summed E-state index contributed by atoms with van der Waals surface area (Å²) in [5.41, 5.74) is 2.77. The molecule has 2 heterocycles. The number of rotatable bonds is 4. The van der Waals surface area contributed by atoms with Gasteiger partial charge in [0, 0.05) is 45.2 Å². The van der Waals surface area contributed by atoms with Crippen LogP contribution in [0.4, 0.5) is 0 Å². The Hall–Kier alpha value is -1.39. The molecule has 0 bridgehead atoms. The summed E-state index contributed by atoms with van der Waals surface area (Å²) in [7, 11) is 2.15. The number of carbonyl (C=O) groups excluding carboxylic acids is 1. The average molecular weight is 315 g/mol. The lowest BCUT2D eigenvalue weighted by Gasteiger charge is -2.32. The van der Waals surface area contributed by atoms with Crippen LogP contribution < -0.4 is 0 Å². The molecule has 2 aliphatic heterocycles. The Bertz CT molecular complexity index is 520. The van der Waals surface area contributed by atoms with Crippen molar-refractivity contribution in [2.75, 3.05) is 52.9 Å². The fraction of sp³-hybridized carbons (Fsp3) is 0.632. The van der Waals surface area contributed by atoms with Gasteiger partial charge in [-0.1, -0.05) is 31.2 Å². The summed E-state index contributed by atoms with van der Waals surface area (Å²) in [5.74, 6) is 0.819. The molecule has 0 N–H and O–H groups in total. The molecule has 4 nitrogen and oxygen atoms in total. The number of nitrogens with zero attached hydrogens (tertiary/aromatic N) is 3. The summed E-state index contributed by atoms with van der Waals surface area (Å²) in [6, 6.07) is 8.95. The lowest BCUT2D eigenvalue weighted by molar-refractivity contribution is -0.131. The van der Waals surface area contributed by atoms with Crippen LogP contribution in [0.2, 0.25) is 0 Å². The van der Waals surface area contributed by atoms with Gasteiger partial charge in [0.2, 0.25) is 5.91 Å². The van der Waals surface area contributed by atoms with Crippen LogP contribution in [-0.2, 0) is 11.2 Å². The largest absolute Gasteiger partial charge is 0.341 e.